The van der Waals surface area contributed by atoms with Crippen LogP contribution in [-0.2, 0) is 11.3 Å². The van der Waals surface area contributed by atoms with Crippen molar-refractivity contribution in [3.63, 3.8) is 0 Å². The molecule has 0 spiro atoms. The number of carboxylic acid groups (broad SMARTS) is 1. The molecule has 1 fully saturated rings. The molecule has 3 N–H and O–H groups in total. The fourth-order valence-corrected chi connectivity index (χ4v) is 2.55. The molecule has 2 rings (SSSR count). The summed E-state index contributed by atoms with van der Waals surface area (Å²) >= 11 is 0. The first-order valence-corrected chi connectivity index (χ1v) is 7.04. The molecule has 0 unspecified atom stereocenters. The van der Waals surface area contributed by atoms with Crippen LogP contribution in [0.4, 0.5) is 4.79 Å². The SMILES string of the molecule is CC1CCC(NC(=O)N(C)Cc2ncn[nH]2)(C(=O)O)CC1. The molecule has 8 heteroatoms. The number of H-pyrrole nitrogens is 1. The molecule has 1 saturated carbocycles. The maximum Gasteiger partial charge on any atom is 0.329 e. The van der Waals surface area contributed by atoms with E-state index in [4.69, 9.17) is 0 Å². The van der Waals surface area contributed by atoms with Gasteiger partial charge in [0.25, 0.3) is 0 Å². The molecule has 1 aromatic rings. The summed E-state index contributed by atoms with van der Waals surface area (Å²) in [6.45, 7) is 2.35. The summed E-state index contributed by atoms with van der Waals surface area (Å²) in [5, 5.41) is 18.6. The van der Waals surface area contributed by atoms with E-state index in [1.807, 2.05) is 0 Å². The molecule has 0 aromatic carbocycles. The van der Waals surface area contributed by atoms with E-state index in [1.54, 1.807) is 7.05 Å². The summed E-state index contributed by atoms with van der Waals surface area (Å²) in [7, 11) is 1.60. The van der Waals surface area contributed by atoms with Crippen LogP contribution in [0.2, 0.25) is 0 Å². The molecule has 1 aromatic heterocycles. The zero-order chi connectivity index (χ0) is 15.5. The number of aromatic nitrogens is 3. The van der Waals surface area contributed by atoms with E-state index in [-0.39, 0.29) is 6.54 Å². The lowest BCUT2D eigenvalue weighted by molar-refractivity contribution is -0.146. The normalized spacial score (nSPS) is 25.3. The van der Waals surface area contributed by atoms with E-state index >= 15 is 0 Å². The minimum Gasteiger partial charge on any atom is -0.480 e. The quantitative estimate of drug-likeness (QED) is 0.766. The first-order chi connectivity index (χ1) is 9.93. The fraction of sp³-hybridized carbons (Fsp3) is 0.692. The molecule has 0 aliphatic heterocycles. The zero-order valence-corrected chi connectivity index (χ0v) is 12.3. The van der Waals surface area contributed by atoms with Gasteiger partial charge in [-0.25, -0.2) is 14.6 Å². The van der Waals surface area contributed by atoms with E-state index < -0.39 is 17.5 Å². The first kappa shape index (κ1) is 15.3. The molecule has 0 atom stereocenters. The van der Waals surface area contributed by atoms with Gasteiger partial charge in [-0.05, 0) is 31.6 Å². The second kappa shape index (κ2) is 6.11. The summed E-state index contributed by atoms with van der Waals surface area (Å²) < 4.78 is 0. The van der Waals surface area contributed by atoms with Crippen LogP contribution >= 0.6 is 0 Å². The number of rotatable bonds is 4. The zero-order valence-electron chi connectivity index (χ0n) is 12.3. The van der Waals surface area contributed by atoms with Crippen LogP contribution in [-0.4, -0.2) is 49.8 Å². The molecular weight excluding hydrogens is 274 g/mol. The molecule has 1 heterocycles. The number of aliphatic carboxylic acids is 1. The lowest BCUT2D eigenvalue weighted by Crippen LogP contribution is -2.58. The number of nitrogens with zero attached hydrogens (tertiary/aromatic N) is 3. The fourth-order valence-electron chi connectivity index (χ4n) is 2.55. The topological polar surface area (TPSA) is 111 Å². The number of nitrogens with one attached hydrogen (secondary N) is 2. The lowest BCUT2D eigenvalue weighted by Gasteiger charge is -2.37. The third kappa shape index (κ3) is 3.50. The highest BCUT2D eigenvalue weighted by atomic mass is 16.4. The second-order valence-corrected chi connectivity index (χ2v) is 5.79. The van der Waals surface area contributed by atoms with Crippen molar-refractivity contribution in [2.75, 3.05) is 7.05 Å². The Labute approximate surface area is 122 Å². The molecular formula is C13H21N5O3. The molecule has 0 saturated heterocycles. The van der Waals surface area contributed by atoms with Gasteiger partial charge in [-0.2, -0.15) is 5.10 Å². The molecule has 8 nitrogen and oxygen atoms in total. The van der Waals surface area contributed by atoms with Crippen molar-refractivity contribution in [3.05, 3.63) is 12.2 Å². The number of hydrogen-bond donors (Lipinski definition) is 3. The average molecular weight is 295 g/mol. The average Bonchev–Trinajstić information content (AvgIpc) is 2.94. The monoisotopic (exact) mass is 295 g/mol. The van der Waals surface area contributed by atoms with Gasteiger partial charge in [-0.3, -0.25) is 5.10 Å². The van der Waals surface area contributed by atoms with E-state index in [0.717, 1.165) is 12.8 Å². The smallest absolute Gasteiger partial charge is 0.329 e. The highest BCUT2D eigenvalue weighted by Gasteiger charge is 2.43. The van der Waals surface area contributed by atoms with Crippen molar-refractivity contribution < 1.29 is 14.7 Å². The highest BCUT2D eigenvalue weighted by molar-refractivity contribution is 5.86. The predicted octanol–water partition coefficient (Wildman–Crippen LogP) is 0.980. The van der Waals surface area contributed by atoms with Gasteiger partial charge in [0, 0.05) is 7.05 Å². The van der Waals surface area contributed by atoms with Crippen molar-refractivity contribution >= 4 is 12.0 Å². The van der Waals surface area contributed by atoms with Crippen molar-refractivity contribution in [3.8, 4) is 0 Å². The minimum atomic E-state index is -1.15. The number of aromatic amines is 1. The van der Waals surface area contributed by atoms with Gasteiger partial charge in [0.15, 0.2) is 0 Å². The van der Waals surface area contributed by atoms with Gasteiger partial charge in [-0.15, -0.1) is 0 Å². The van der Waals surface area contributed by atoms with E-state index in [0.29, 0.717) is 24.6 Å². The Morgan fingerprint density at radius 2 is 2.19 bits per heavy atom. The van der Waals surface area contributed by atoms with Gasteiger partial charge in [-0.1, -0.05) is 6.92 Å². The number of carbonyl (C=O) groups excluding carboxylic acids is 1. The Morgan fingerprint density at radius 1 is 1.52 bits per heavy atom. The van der Waals surface area contributed by atoms with Crippen molar-refractivity contribution in [2.24, 2.45) is 5.92 Å². The summed E-state index contributed by atoms with van der Waals surface area (Å²) in [6, 6.07) is -0.414. The number of urea groups is 1. The molecule has 0 bridgehead atoms. The van der Waals surface area contributed by atoms with Crippen LogP contribution in [0, 0.1) is 5.92 Å². The Kier molecular flexibility index (Phi) is 4.44. The number of hydrogen-bond acceptors (Lipinski definition) is 4. The number of carbonyl (C=O) groups is 2. The molecule has 1 aliphatic rings. The van der Waals surface area contributed by atoms with Crippen LogP contribution in [0.1, 0.15) is 38.4 Å². The van der Waals surface area contributed by atoms with Gasteiger partial charge in [0.1, 0.15) is 17.7 Å². The second-order valence-electron chi connectivity index (χ2n) is 5.79. The Balaban J connectivity index is 1.99. The summed E-state index contributed by atoms with van der Waals surface area (Å²) in [6.07, 6.45) is 3.90. The molecule has 116 valence electrons. The maximum atomic E-state index is 12.2. The predicted molar refractivity (Wildman–Crippen MR) is 74.4 cm³/mol. The van der Waals surface area contributed by atoms with Crippen molar-refractivity contribution in [1.29, 1.82) is 0 Å². The Morgan fingerprint density at radius 3 is 2.71 bits per heavy atom. The van der Waals surface area contributed by atoms with Crippen LogP contribution in [0.15, 0.2) is 6.33 Å². The third-order valence-electron chi connectivity index (χ3n) is 4.08. The first-order valence-electron chi connectivity index (χ1n) is 7.04. The van der Waals surface area contributed by atoms with E-state index in [9.17, 15) is 14.7 Å². The summed E-state index contributed by atoms with van der Waals surface area (Å²) in [5.74, 6) is 0.0893. The largest absolute Gasteiger partial charge is 0.480 e. The standard InChI is InChI=1S/C13H21N5O3/c1-9-3-5-13(6-4-9,11(19)20)16-12(21)18(2)7-10-14-8-15-17-10/h8-9H,3-7H2,1-2H3,(H,16,21)(H,19,20)(H,14,15,17). The molecule has 21 heavy (non-hydrogen) atoms. The number of amides is 2. The Bertz CT molecular complexity index is 494. The molecule has 1 aliphatic carbocycles. The van der Waals surface area contributed by atoms with Crippen molar-refractivity contribution in [1.82, 2.24) is 25.4 Å². The van der Waals surface area contributed by atoms with E-state index in [2.05, 4.69) is 27.4 Å². The van der Waals surface area contributed by atoms with Crippen LogP contribution < -0.4 is 5.32 Å². The van der Waals surface area contributed by atoms with Gasteiger partial charge in [0.2, 0.25) is 0 Å². The lowest BCUT2D eigenvalue weighted by atomic mass is 9.77. The van der Waals surface area contributed by atoms with Crippen LogP contribution in [0.5, 0.6) is 0 Å². The van der Waals surface area contributed by atoms with Crippen LogP contribution in [0.25, 0.3) is 0 Å². The Hall–Kier alpha value is -2.12. The number of carboxylic acids is 1. The van der Waals surface area contributed by atoms with Crippen molar-refractivity contribution in [2.45, 2.75) is 44.7 Å². The van der Waals surface area contributed by atoms with Gasteiger partial charge >= 0.3 is 12.0 Å². The summed E-state index contributed by atoms with van der Waals surface area (Å²) in [5.41, 5.74) is -1.15. The van der Waals surface area contributed by atoms with Gasteiger partial charge in [0.05, 0.1) is 6.54 Å². The maximum absolute atomic E-state index is 12.2. The third-order valence-corrected chi connectivity index (χ3v) is 4.08. The van der Waals surface area contributed by atoms with Crippen LogP contribution in [0.3, 0.4) is 0 Å². The highest BCUT2D eigenvalue weighted by Crippen LogP contribution is 2.32. The molecule has 2 amide bonds. The van der Waals surface area contributed by atoms with E-state index in [1.165, 1.54) is 11.2 Å². The minimum absolute atomic E-state index is 0.248. The molecule has 0 radical (unpaired) electrons. The van der Waals surface area contributed by atoms with Gasteiger partial charge < -0.3 is 15.3 Å². The summed E-state index contributed by atoms with van der Waals surface area (Å²) in [4.78, 5) is 29.1.